The number of nitrogens with zero attached hydrogens (tertiary/aromatic N) is 1. The fourth-order valence-corrected chi connectivity index (χ4v) is 6.00. The molecule has 0 bridgehead atoms. The van der Waals surface area contributed by atoms with Crippen molar-refractivity contribution < 1.29 is 8.42 Å². The van der Waals surface area contributed by atoms with Crippen LogP contribution < -0.4 is 9.60 Å². The number of aromatic nitrogens is 1. The van der Waals surface area contributed by atoms with Crippen molar-refractivity contribution in [2.24, 2.45) is 0 Å². The quantitative estimate of drug-likeness (QED) is 0.436. The normalized spacial score (nSPS) is 12.8. The second-order valence-corrected chi connectivity index (χ2v) is 10.2. The lowest BCUT2D eigenvalue weighted by Crippen LogP contribution is -2.30. The number of aryl methyl sites for hydroxylation is 2. The minimum Gasteiger partial charge on any atom is -0.299 e. The van der Waals surface area contributed by atoms with Gasteiger partial charge in [-0.3, -0.25) is 9.36 Å². The Morgan fingerprint density at radius 2 is 1.71 bits per heavy atom. The van der Waals surface area contributed by atoms with Crippen molar-refractivity contribution in [3.05, 3.63) is 99.2 Å². The van der Waals surface area contributed by atoms with E-state index in [1.165, 1.54) is 0 Å². The first-order valence-electron chi connectivity index (χ1n) is 10.2. The van der Waals surface area contributed by atoms with Crippen molar-refractivity contribution >= 4 is 31.6 Å². The molecule has 0 amide bonds. The number of hydrogen-bond donors (Lipinski definition) is 1. The summed E-state index contributed by atoms with van der Waals surface area (Å²) >= 11 is 1.08. The van der Waals surface area contributed by atoms with Gasteiger partial charge in [-0.1, -0.05) is 72.9 Å². The van der Waals surface area contributed by atoms with Gasteiger partial charge in [-0.05, 0) is 48.2 Å². The molecule has 3 aromatic carbocycles. The van der Waals surface area contributed by atoms with E-state index in [0.29, 0.717) is 11.2 Å². The SMILES string of the molecule is CCCn1c(=O)sc2cc(S(=O)(=O)NC(c3ccccc3)c3ccccc3C)ccc21. The highest BCUT2D eigenvalue weighted by Gasteiger charge is 2.24. The lowest BCUT2D eigenvalue weighted by molar-refractivity contribution is 0.572. The summed E-state index contributed by atoms with van der Waals surface area (Å²) in [6.07, 6.45) is 0.836. The van der Waals surface area contributed by atoms with Crippen LogP contribution in [0.1, 0.15) is 36.1 Å². The summed E-state index contributed by atoms with van der Waals surface area (Å²) in [4.78, 5) is 12.4. The molecule has 0 spiro atoms. The van der Waals surface area contributed by atoms with Crippen molar-refractivity contribution in [2.75, 3.05) is 0 Å². The van der Waals surface area contributed by atoms with Crippen LogP contribution in [0, 0.1) is 6.92 Å². The summed E-state index contributed by atoms with van der Waals surface area (Å²) in [7, 11) is -3.83. The lowest BCUT2D eigenvalue weighted by Gasteiger charge is -2.21. The monoisotopic (exact) mass is 452 g/mol. The third kappa shape index (κ3) is 4.35. The highest BCUT2D eigenvalue weighted by Crippen LogP contribution is 2.28. The molecule has 31 heavy (non-hydrogen) atoms. The number of benzene rings is 3. The van der Waals surface area contributed by atoms with Crippen LogP contribution in [0.4, 0.5) is 0 Å². The molecule has 4 rings (SSSR count). The number of nitrogens with one attached hydrogen (secondary N) is 1. The summed E-state index contributed by atoms with van der Waals surface area (Å²) in [6, 6.07) is 21.7. The molecule has 1 N–H and O–H groups in total. The van der Waals surface area contributed by atoms with E-state index >= 15 is 0 Å². The fraction of sp³-hybridized carbons (Fsp3) is 0.208. The van der Waals surface area contributed by atoms with Gasteiger partial charge in [0.15, 0.2) is 0 Å². The Bertz CT molecular complexity index is 1370. The molecule has 0 aliphatic heterocycles. The Morgan fingerprint density at radius 1 is 1.00 bits per heavy atom. The standard InChI is InChI=1S/C24H24N2O3S2/c1-3-15-26-21-14-13-19(16-22(21)30-24(26)27)31(28,29)25-23(18-10-5-4-6-11-18)20-12-8-7-9-17(20)2/h4-14,16,23,25H,3,15H2,1-2H3. The average molecular weight is 453 g/mol. The molecule has 0 aliphatic rings. The van der Waals surface area contributed by atoms with Crippen molar-refractivity contribution in [3.63, 3.8) is 0 Å². The summed E-state index contributed by atoms with van der Waals surface area (Å²) in [5, 5.41) is 0. The van der Waals surface area contributed by atoms with Gasteiger partial charge in [0.25, 0.3) is 0 Å². The van der Waals surface area contributed by atoms with E-state index in [1.54, 1.807) is 22.8 Å². The van der Waals surface area contributed by atoms with Crippen molar-refractivity contribution in [2.45, 2.75) is 37.8 Å². The average Bonchev–Trinajstić information content (AvgIpc) is 3.08. The van der Waals surface area contributed by atoms with Gasteiger partial charge in [-0.2, -0.15) is 4.72 Å². The molecule has 0 radical (unpaired) electrons. The first-order valence-corrected chi connectivity index (χ1v) is 12.5. The maximum atomic E-state index is 13.4. The molecule has 5 nitrogen and oxygen atoms in total. The van der Waals surface area contributed by atoms with E-state index in [-0.39, 0.29) is 9.77 Å². The fourth-order valence-electron chi connectivity index (χ4n) is 3.74. The molecular weight excluding hydrogens is 428 g/mol. The third-order valence-electron chi connectivity index (χ3n) is 5.30. The highest BCUT2D eigenvalue weighted by atomic mass is 32.2. The first-order chi connectivity index (χ1) is 14.9. The maximum Gasteiger partial charge on any atom is 0.308 e. The smallest absolute Gasteiger partial charge is 0.299 e. The lowest BCUT2D eigenvalue weighted by atomic mass is 9.96. The Balaban J connectivity index is 1.76. The number of sulfonamides is 1. The molecule has 4 aromatic rings. The molecule has 0 saturated carbocycles. The van der Waals surface area contributed by atoms with Crippen LogP contribution in [0.15, 0.2) is 82.5 Å². The largest absolute Gasteiger partial charge is 0.308 e. The summed E-state index contributed by atoms with van der Waals surface area (Å²) in [5.74, 6) is 0. The molecule has 0 saturated heterocycles. The Labute approximate surface area is 186 Å². The summed E-state index contributed by atoms with van der Waals surface area (Å²) in [6.45, 7) is 4.60. The van der Waals surface area contributed by atoms with Crippen LogP contribution in [0.25, 0.3) is 10.2 Å². The van der Waals surface area contributed by atoms with Crippen LogP contribution in [0.5, 0.6) is 0 Å². The van der Waals surface area contributed by atoms with Gasteiger partial charge in [-0.25, -0.2) is 8.42 Å². The summed E-state index contributed by atoms with van der Waals surface area (Å²) < 4.78 is 32.0. The van der Waals surface area contributed by atoms with Crippen LogP contribution in [0.2, 0.25) is 0 Å². The zero-order valence-corrected chi connectivity index (χ0v) is 19.0. The van der Waals surface area contributed by atoms with Crippen molar-refractivity contribution in [1.82, 2.24) is 9.29 Å². The number of thiazole rings is 1. The molecule has 1 aromatic heterocycles. The predicted molar refractivity (Wildman–Crippen MR) is 126 cm³/mol. The number of hydrogen-bond acceptors (Lipinski definition) is 4. The van der Waals surface area contributed by atoms with Crippen LogP contribution >= 0.6 is 11.3 Å². The van der Waals surface area contributed by atoms with Gasteiger partial charge in [0, 0.05) is 6.54 Å². The molecule has 1 heterocycles. The number of rotatable bonds is 7. The minimum atomic E-state index is -3.83. The van der Waals surface area contributed by atoms with Crippen molar-refractivity contribution in [1.29, 1.82) is 0 Å². The molecule has 7 heteroatoms. The Kier molecular flexibility index (Phi) is 6.09. The van der Waals surface area contributed by atoms with E-state index in [9.17, 15) is 13.2 Å². The van der Waals surface area contributed by atoms with Gasteiger partial charge >= 0.3 is 4.87 Å². The van der Waals surface area contributed by atoms with E-state index in [2.05, 4.69) is 4.72 Å². The van der Waals surface area contributed by atoms with Gasteiger partial charge in [-0.15, -0.1) is 0 Å². The number of fused-ring (bicyclic) bond motifs is 1. The zero-order chi connectivity index (χ0) is 22.0. The molecule has 1 unspecified atom stereocenters. The van der Waals surface area contributed by atoms with Crippen LogP contribution in [-0.4, -0.2) is 13.0 Å². The minimum absolute atomic E-state index is 0.0681. The molecule has 0 fully saturated rings. The Morgan fingerprint density at radius 3 is 2.42 bits per heavy atom. The van der Waals surface area contributed by atoms with Crippen LogP contribution in [-0.2, 0) is 16.6 Å². The topological polar surface area (TPSA) is 68.2 Å². The predicted octanol–water partition coefficient (Wildman–Crippen LogP) is 4.85. The van der Waals surface area contributed by atoms with Crippen LogP contribution in [0.3, 0.4) is 0 Å². The zero-order valence-electron chi connectivity index (χ0n) is 17.4. The van der Waals surface area contributed by atoms with E-state index in [4.69, 9.17) is 0 Å². The molecule has 0 aliphatic carbocycles. The second-order valence-electron chi connectivity index (χ2n) is 7.47. The molecule has 160 valence electrons. The van der Waals surface area contributed by atoms with E-state index in [1.807, 2.05) is 68.4 Å². The van der Waals surface area contributed by atoms with Crippen molar-refractivity contribution in [3.8, 4) is 0 Å². The highest BCUT2D eigenvalue weighted by molar-refractivity contribution is 7.89. The van der Waals surface area contributed by atoms with Gasteiger partial charge in [0.1, 0.15) is 0 Å². The first kappa shape index (κ1) is 21.5. The Hall–Kier alpha value is -2.74. The molecular formula is C24H24N2O3S2. The van der Waals surface area contributed by atoms with Gasteiger partial charge < -0.3 is 0 Å². The summed E-state index contributed by atoms with van der Waals surface area (Å²) in [5.41, 5.74) is 3.54. The van der Waals surface area contributed by atoms with E-state index in [0.717, 1.165) is 40.0 Å². The second kappa shape index (κ2) is 8.78. The molecule has 1 atom stereocenters. The third-order valence-corrected chi connectivity index (χ3v) is 7.67. The van der Waals surface area contributed by atoms with E-state index < -0.39 is 16.1 Å². The van der Waals surface area contributed by atoms with Gasteiger partial charge in [0.05, 0.1) is 21.2 Å². The van der Waals surface area contributed by atoms with Gasteiger partial charge in [0.2, 0.25) is 10.0 Å². The maximum absolute atomic E-state index is 13.4.